The van der Waals surface area contributed by atoms with Crippen molar-refractivity contribution >= 4 is 5.82 Å². The van der Waals surface area contributed by atoms with Gasteiger partial charge in [0.05, 0.1) is 0 Å². The minimum atomic E-state index is 0.412. The zero-order valence-electron chi connectivity index (χ0n) is 12.3. The summed E-state index contributed by atoms with van der Waals surface area (Å²) in [5.41, 5.74) is 3.34. The van der Waals surface area contributed by atoms with Gasteiger partial charge in [0.2, 0.25) is 0 Å². The third-order valence-corrected chi connectivity index (χ3v) is 3.83. The second-order valence-electron chi connectivity index (χ2n) is 5.58. The summed E-state index contributed by atoms with van der Waals surface area (Å²) in [6.45, 7) is 8.17. The van der Waals surface area contributed by atoms with Crippen LogP contribution in [-0.2, 0) is 0 Å². The molecule has 1 aliphatic heterocycles. The minimum absolute atomic E-state index is 0.412. The fraction of sp³-hybridized carbons (Fsp3) is 0.438. The van der Waals surface area contributed by atoms with Gasteiger partial charge in [0.25, 0.3) is 0 Å². The Kier molecular flexibility index (Phi) is 3.38. The second kappa shape index (κ2) is 5.19. The Morgan fingerprint density at radius 3 is 2.60 bits per heavy atom. The summed E-state index contributed by atoms with van der Waals surface area (Å²) in [6, 6.07) is 6.13. The number of aryl methyl sites for hydroxylation is 3. The lowest BCUT2D eigenvalue weighted by Gasteiger charge is -2.19. The smallest absolute Gasteiger partial charge is 0.133 e. The molecule has 20 heavy (non-hydrogen) atoms. The van der Waals surface area contributed by atoms with Crippen LogP contribution in [0.15, 0.2) is 24.4 Å². The van der Waals surface area contributed by atoms with Crippen molar-refractivity contribution in [3.63, 3.8) is 0 Å². The third kappa shape index (κ3) is 2.50. The molecule has 0 unspecified atom stereocenters. The van der Waals surface area contributed by atoms with Crippen LogP contribution in [0.3, 0.4) is 0 Å². The van der Waals surface area contributed by atoms with Gasteiger partial charge in [-0.05, 0) is 44.9 Å². The molecule has 0 amide bonds. The van der Waals surface area contributed by atoms with Gasteiger partial charge < -0.3 is 4.90 Å². The average Bonchev–Trinajstić information content (AvgIpc) is 2.87. The van der Waals surface area contributed by atoms with E-state index in [2.05, 4.69) is 32.8 Å². The lowest BCUT2D eigenvalue weighted by atomic mass is 10.1. The van der Waals surface area contributed by atoms with Crippen molar-refractivity contribution in [2.75, 3.05) is 18.0 Å². The molecule has 4 nitrogen and oxygen atoms in total. The fourth-order valence-electron chi connectivity index (χ4n) is 2.91. The molecule has 0 aromatic carbocycles. The Morgan fingerprint density at radius 2 is 1.90 bits per heavy atom. The van der Waals surface area contributed by atoms with Crippen molar-refractivity contribution in [1.29, 1.82) is 0 Å². The number of hydrogen-bond donors (Lipinski definition) is 0. The van der Waals surface area contributed by atoms with E-state index < -0.39 is 0 Å². The van der Waals surface area contributed by atoms with Crippen LogP contribution in [0.5, 0.6) is 0 Å². The maximum Gasteiger partial charge on any atom is 0.133 e. The van der Waals surface area contributed by atoms with Crippen LogP contribution in [0.25, 0.3) is 0 Å². The molecule has 104 valence electrons. The van der Waals surface area contributed by atoms with E-state index in [1.807, 2.05) is 32.2 Å². The van der Waals surface area contributed by atoms with Gasteiger partial charge in [-0.3, -0.25) is 0 Å². The van der Waals surface area contributed by atoms with Crippen molar-refractivity contribution in [3.8, 4) is 0 Å². The molecule has 0 N–H and O–H groups in total. The van der Waals surface area contributed by atoms with E-state index in [1.165, 1.54) is 5.56 Å². The fourth-order valence-corrected chi connectivity index (χ4v) is 2.91. The highest BCUT2D eigenvalue weighted by Crippen LogP contribution is 2.29. The standard InChI is InChI=1S/C16H20N4/c1-11-5-4-7-17-16(11)20-8-6-14(10-20)15-18-12(2)9-13(3)19-15/h4-5,7,9,14H,6,8,10H2,1-3H3/t14-/m0/s1. The minimum Gasteiger partial charge on any atom is -0.356 e. The molecule has 1 aliphatic rings. The summed E-state index contributed by atoms with van der Waals surface area (Å²) >= 11 is 0. The highest BCUT2D eigenvalue weighted by atomic mass is 15.2. The van der Waals surface area contributed by atoms with Gasteiger partial charge in [-0.25, -0.2) is 15.0 Å². The zero-order valence-corrected chi connectivity index (χ0v) is 12.3. The SMILES string of the molecule is Cc1cc(C)nc([C@H]2CCN(c3ncccc3C)C2)n1. The van der Waals surface area contributed by atoms with Gasteiger partial charge in [-0.2, -0.15) is 0 Å². The molecular weight excluding hydrogens is 248 g/mol. The Balaban J connectivity index is 1.81. The topological polar surface area (TPSA) is 41.9 Å². The van der Waals surface area contributed by atoms with Gasteiger partial charge >= 0.3 is 0 Å². The van der Waals surface area contributed by atoms with Crippen molar-refractivity contribution in [3.05, 3.63) is 47.2 Å². The molecule has 1 saturated heterocycles. The summed E-state index contributed by atoms with van der Waals surface area (Å²) in [4.78, 5) is 16.1. The number of nitrogens with zero attached hydrogens (tertiary/aromatic N) is 4. The molecule has 0 spiro atoms. The maximum absolute atomic E-state index is 4.61. The van der Waals surface area contributed by atoms with E-state index in [1.54, 1.807) is 0 Å². The van der Waals surface area contributed by atoms with Crippen LogP contribution >= 0.6 is 0 Å². The Bertz CT molecular complexity index is 603. The first kappa shape index (κ1) is 13.0. The first-order valence-electron chi connectivity index (χ1n) is 7.12. The maximum atomic E-state index is 4.61. The monoisotopic (exact) mass is 268 g/mol. The molecule has 1 atom stereocenters. The van der Waals surface area contributed by atoms with Crippen LogP contribution in [-0.4, -0.2) is 28.0 Å². The predicted molar refractivity (Wildman–Crippen MR) is 80.1 cm³/mol. The normalized spacial score (nSPS) is 18.6. The van der Waals surface area contributed by atoms with E-state index >= 15 is 0 Å². The van der Waals surface area contributed by atoms with E-state index in [4.69, 9.17) is 0 Å². The van der Waals surface area contributed by atoms with Crippen LogP contribution in [0, 0.1) is 20.8 Å². The summed E-state index contributed by atoms with van der Waals surface area (Å²) in [7, 11) is 0. The Hall–Kier alpha value is -1.97. The number of anilines is 1. The van der Waals surface area contributed by atoms with Gasteiger partial charge in [0.1, 0.15) is 11.6 Å². The third-order valence-electron chi connectivity index (χ3n) is 3.83. The molecule has 4 heteroatoms. The first-order chi connectivity index (χ1) is 9.63. The number of pyridine rings is 1. The summed E-state index contributed by atoms with van der Waals surface area (Å²) < 4.78 is 0. The molecule has 1 fully saturated rings. The Morgan fingerprint density at radius 1 is 1.15 bits per heavy atom. The van der Waals surface area contributed by atoms with E-state index in [9.17, 15) is 0 Å². The highest BCUT2D eigenvalue weighted by molar-refractivity contribution is 5.47. The predicted octanol–water partition coefficient (Wildman–Crippen LogP) is 2.79. The van der Waals surface area contributed by atoms with Crippen molar-refractivity contribution < 1.29 is 0 Å². The van der Waals surface area contributed by atoms with Crippen molar-refractivity contribution in [2.24, 2.45) is 0 Å². The molecule has 2 aromatic rings. The molecule has 0 saturated carbocycles. The summed E-state index contributed by atoms with van der Waals surface area (Å²) in [6.07, 6.45) is 2.96. The zero-order chi connectivity index (χ0) is 14.1. The van der Waals surface area contributed by atoms with Crippen LogP contribution in [0.1, 0.15) is 35.1 Å². The number of rotatable bonds is 2. The van der Waals surface area contributed by atoms with Gasteiger partial charge in [-0.1, -0.05) is 6.07 Å². The Labute approximate surface area is 119 Å². The van der Waals surface area contributed by atoms with Gasteiger partial charge in [0.15, 0.2) is 0 Å². The second-order valence-corrected chi connectivity index (χ2v) is 5.58. The largest absolute Gasteiger partial charge is 0.356 e. The van der Waals surface area contributed by atoms with Gasteiger partial charge in [-0.15, -0.1) is 0 Å². The van der Waals surface area contributed by atoms with E-state index in [0.29, 0.717) is 5.92 Å². The molecule has 3 rings (SSSR count). The summed E-state index contributed by atoms with van der Waals surface area (Å²) in [5.74, 6) is 2.49. The van der Waals surface area contributed by atoms with Crippen molar-refractivity contribution in [2.45, 2.75) is 33.1 Å². The highest BCUT2D eigenvalue weighted by Gasteiger charge is 2.27. The molecular formula is C16H20N4. The number of aromatic nitrogens is 3. The molecule has 2 aromatic heterocycles. The molecule has 0 bridgehead atoms. The lowest BCUT2D eigenvalue weighted by molar-refractivity contribution is 0.698. The quantitative estimate of drug-likeness (QED) is 0.840. The average molecular weight is 268 g/mol. The lowest BCUT2D eigenvalue weighted by Crippen LogP contribution is -2.21. The molecule has 0 radical (unpaired) electrons. The molecule has 0 aliphatic carbocycles. The molecule has 3 heterocycles. The van der Waals surface area contributed by atoms with Crippen LogP contribution in [0.2, 0.25) is 0 Å². The summed E-state index contributed by atoms with van der Waals surface area (Å²) in [5, 5.41) is 0. The first-order valence-corrected chi connectivity index (χ1v) is 7.12. The van der Waals surface area contributed by atoms with E-state index in [-0.39, 0.29) is 0 Å². The van der Waals surface area contributed by atoms with Gasteiger partial charge in [0, 0.05) is 36.6 Å². The number of hydrogen-bond acceptors (Lipinski definition) is 4. The van der Waals surface area contributed by atoms with Crippen LogP contribution in [0.4, 0.5) is 5.82 Å². The van der Waals surface area contributed by atoms with E-state index in [0.717, 1.165) is 42.5 Å². The van der Waals surface area contributed by atoms with Crippen molar-refractivity contribution in [1.82, 2.24) is 15.0 Å². The van der Waals surface area contributed by atoms with Crippen LogP contribution < -0.4 is 4.90 Å².